The lowest BCUT2D eigenvalue weighted by Crippen LogP contribution is -2.54. The van der Waals surface area contributed by atoms with Crippen LogP contribution in [-0.2, 0) is 16.1 Å². The Kier molecular flexibility index (Phi) is 4.52. The van der Waals surface area contributed by atoms with Gasteiger partial charge in [-0.1, -0.05) is 30.3 Å². The minimum Gasteiger partial charge on any atom is -0.347 e. The molecule has 3 aromatic rings. The molecule has 0 saturated carbocycles. The molecule has 2 heterocycles. The molecule has 2 aromatic carbocycles. The van der Waals surface area contributed by atoms with Crippen LogP contribution in [0.3, 0.4) is 0 Å². The predicted molar refractivity (Wildman–Crippen MR) is 110 cm³/mol. The second-order valence-electron chi connectivity index (χ2n) is 6.30. The molecule has 0 radical (unpaired) electrons. The Morgan fingerprint density at radius 1 is 1.11 bits per heavy atom. The fourth-order valence-electron chi connectivity index (χ4n) is 3.32. The summed E-state index contributed by atoms with van der Waals surface area (Å²) in [5.74, 6) is -1.86. The van der Waals surface area contributed by atoms with Crippen LogP contribution in [-0.4, -0.2) is 21.5 Å². The second kappa shape index (κ2) is 7.01. The van der Waals surface area contributed by atoms with E-state index < -0.39 is 17.6 Å². The number of anilines is 1. The number of aryl methyl sites for hydroxylation is 1. The Morgan fingerprint density at radius 2 is 1.82 bits per heavy atom. The normalized spacial score (nSPS) is 16.1. The molecule has 1 aromatic heterocycles. The van der Waals surface area contributed by atoms with Crippen molar-refractivity contribution in [3.63, 3.8) is 0 Å². The van der Waals surface area contributed by atoms with E-state index in [1.165, 1.54) is 24.3 Å². The molecule has 28 heavy (non-hydrogen) atoms. The van der Waals surface area contributed by atoms with Gasteiger partial charge in [0.25, 0.3) is 11.8 Å². The molecule has 1 N–H and O–H groups in total. The lowest BCUT2D eigenvalue weighted by Gasteiger charge is -2.29. The number of thiocarbonyl (C=S) groups is 1. The molecule has 5 nitrogen and oxygen atoms in total. The van der Waals surface area contributed by atoms with Crippen molar-refractivity contribution >= 4 is 51.8 Å². The standard InChI is InChI=1S/C21H16FN3O2S/c1-2-24-12-13(14-7-3-5-9-17(14)24)11-15-19(26)23-21(28)25(20(15)27)18-10-6-4-8-16(18)22/h3-12H,2H2,1H3,(H,23,26,28). The monoisotopic (exact) mass is 393 g/mol. The van der Waals surface area contributed by atoms with Crippen LogP contribution < -0.4 is 10.2 Å². The van der Waals surface area contributed by atoms with E-state index in [9.17, 15) is 14.0 Å². The highest BCUT2D eigenvalue weighted by molar-refractivity contribution is 7.80. The number of amides is 2. The molecule has 140 valence electrons. The highest BCUT2D eigenvalue weighted by atomic mass is 32.1. The lowest BCUT2D eigenvalue weighted by molar-refractivity contribution is -0.122. The van der Waals surface area contributed by atoms with Gasteiger partial charge in [-0.2, -0.15) is 0 Å². The van der Waals surface area contributed by atoms with Crippen molar-refractivity contribution in [1.82, 2.24) is 9.88 Å². The third-order valence-corrected chi connectivity index (χ3v) is 4.94. The summed E-state index contributed by atoms with van der Waals surface area (Å²) in [4.78, 5) is 26.5. The highest BCUT2D eigenvalue weighted by Gasteiger charge is 2.35. The quantitative estimate of drug-likeness (QED) is 0.420. The van der Waals surface area contributed by atoms with Crippen molar-refractivity contribution in [3.05, 3.63) is 71.7 Å². The van der Waals surface area contributed by atoms with Crippen LogP contribution in [0.5, 0.6) is 0 Å². The van der Waals surface area contributed by atoms with Gasteiger partial charge in [0, 0.05) is 29.2 Å². The number of hydrogen-bond acceptors (Lipinski definition) is 3. The SMILES string of the molecule is CCn1cc(C=C2C(=O)NC(=S)N(c3ccccc3F)C2=O)c2ccccc21. The number of aromatic nitrogens is 1. The van der Waals surface area contributed by atoms with E-state index in [1.54, 1.807) is 6.07 Å². The Hall–Kier alpha value is -3.32. The van der Waals surface area contributed by atoms with Crippen LogP contribution in [0, 0.1) is 5.82 Å². The number of nitrogens with one attached hydrogen (secondary N) is 1. The first-order valence-corrected chi connectivity index (χ1v) is 9.16. The number of rotatable bonds is 3. The fraction of sp³-hybridized carbons (Fsp3) is 0.0952. The van der Waals surface area contributed by atoms with Crippen molar-refractivity contribution in [1.29, 1.82) is 0 Å². The lowest BCUT2D eigenvalue weighted by atomic mass is 10.1. The largest absolute Gasteiger partial charge is 0.347 e. The van der Waals surface area contributed by atoms with Crippen molar-refractivity contribution < 1.29 is 14.0 Å². The molecule has 2 amide bonds. The number of hydrogen-bond donors (Lipinski definition) is 1. The molecule has 4 rings (SSSR count). The van der Waals surface area contributed by atoms with Crippen LogP contribution in [0.4, 0.5) is 10.1 Å². The number of para-hydroxylation sites is 2. The minimum absolute atomic E-state index is 0.000568. The average molecular weight is 393 g/mol. The zero-order valence-electron chi connectivity index (χ0n) is 15.0. The van der Waals surface area contributed by atoms with Gasteiger partial charge in [0.1, 0.15) is 11.4 Å². The average Bonchev–Trinajstić information content (AvgIpc) is 3.04. The molecule has 1 fully saturated rings. The fourth-order valence-corrected chi connectivity index (χ4v) is 3.59. The van der Waals surface area contributed by atoms with Gasteiger partial charge in [0.15, 0.2) is 5.11 Å². The molecule has 0 unspecified atom stereocenters. The zero-order chi connectivity index (χ0) is 19.8. The van der Waals surface area contributed by atoms with Crippen LogP contribution in [0.2, 0.25) is 0 Å². The summed E-state index contributed by atoms with van der Waals surface area (Å²) in [6.07, 6.45) is 3.42. The Morgan fingerprint density at radius 3 is 2.57 bits per heavy atom. The topological polar surface area (TPSA) is 54.3 Å². The maximum Gasteiger partial charge on any atom is 0.270 e. The molecule has 0 spiro atoms. The summed E-state index contributed by atoms with van der Waals surface area (Å²) in [5, 5.41) is 3.25. The molecule has 1 aliphatic heterocycles. The molecule has 0 aliphatic carbocycles. The van der Waals surface area contributed by atoms with Gasteiger partial charge in [-0.3, -0.25) is 14.9 Å². The van der Waals surface area contributed by atoms with Crippen molar-refractivity contribution in [2.75, 3.05) is 4.90 Å². The molecule has 1 saturated heterocycles. The van der Waals surface area contributed by atoms with E-state index in [0.717, 1.165) is 27.9 Å². The van der Waals surface area contributed by atoms with Crippen molar-refractivity contribution in [2.24, 2.45) is 0 Å². The van der Waals surface area contributed by atoms with Gasteiger partial charge in [0.2, 0.25) is 0 Å². The second-order valence-corrected chi connectivity index (χ2v) is 6.68. The number of fused-ring (bicyclic) bond motifs is 1. The van der Waals surface area contributed by atoms with Gasteiger partial charge in [-0.15, -0.1) is 0 Å². The molecule has 7 heteroatoms. The first-order valence-electron chi connectivity index (χ1n) is 8.75. The molecular formula is C21H16FN3O2S. The van der Waals surface area contributed by atoms with Gasteiger partial charge in [0.05, 0.1) is 5.69 Å². The van der Waals surface area contributed by atoms with Gasteiger partial charge < -0.3 is 4.57 Å². The molecular weight excluding hydrogens is 377 g/mol. The van der Waals surface area contributed by atoms with E-state index in [0.29, 0.717) is 0 Å². The first kappa shape index (κ1) is 18.1. The van der Waals surface area contributed by atoms with E-state index in [1.807, 2.05) is 42.0 Å². The Balaban J connectivity index is 1.83. The first-order chi connectivity index (χ1) is 13.5. The van der Waals surface area contributed by atoms with E-state index in [4.69, 9.17) is 12.2 Å². The molecule has 0 bridgehead atoms. The van der Waals surface area contributed by atoms with Crippen LogP contribution in [0.25, 0.3) is 17.0 Å². The summed E-state index contributed by atoms with van der Waals surface area (Å²) in [7, 11) is 0. The summed E-state index contributed by atoms with van der Waals surface area (Å²) in [5.41, 5.74) is 1.63. The number of halogens is 1. The maximum atomic E-state index is 14.2. The number of carbonyl (C=O) groups excluding carboxylic acids is 2. The Bertz CT molecular complexity index is 1170. The molecule has 0 atom stereocenters. The summed E-state index contributed by atoms with van der Waals surface area (Å²) in [6.45, 7) is 2.76. The third kappa shape index (κ3) is 2.90. The van der Waals surface area contributed by atoms with Crippen LogP contribution in [0.15, 0.2) is 60.3 Å². The van der Waals surface area contributed by atoms with Crippen molar-refractivity contribution in [2.45, 2.75) is 13.5 Å². The Labute approximate surface area is 166 Å². The number of nitrogens with zero attached hydrogens (tertiary/aromatic N) is 2. The zero-order valence-corrected chi connectivity index (χ0v) is 15.8. The van der Waals surface area contributed by atoms with E-state index in [-0.39, 0.29) is 16.4 Å². The summed E-state index contributed by atoms with van der Waals surface area (Å²) >= 11 is 5.12. The van der Waals surface area contributed by atoms with E-state index in [2.05, 4.69) is 5.32 Å². The molecule has 1 aliphatic rings. The van der Waals surface area contributed by atoms with Crippen LogP contribution in [0.1, 0.15) is 12.5 Å². The van der Waals surface area contributed by atoms with Gasteiger partial charge >= 0.3 is 0 Å². The van der Waals surface area contributed by atoms with E-state index >= 15 is 0 Å². The number of benzene rings is 2. The van der Waals surface area contributed by atoms with Crippen molar-refractivity contribution in [3.8, 4) is 0 Å². The summed E-state index contributed by atoms with van der Waals surface area (Å²) < 4.78 is 16.3. The van der Waals surface area contributed by atoms with Gasteiger partial charge in [-0.25, -0.2) is 9.29 Å². The van der Waals surface area contributed by atoms with Gasteiger partial charge in [-0.05, 0) is 43.4 Å². The summed E-state index contributed by atoms with van der Waals surface area (Å²) in [6, 6.07) is 13.5. The third-order valence-electron chi connectivity index (χ3n) is 4.65. The maximum absolute atomic E-state index is 14.2. The van der Waals surface area contributed by atoms with Crippen LogP contribution >= 0.6 is 12.2 Å². The predicted octanol–water partition coefficient (Wildman–Crippen LogP) is 3.63. The highest BCUT2D eigenvalue weighted by Crippen LogP contribution is 2.27. The smallest absolute Gasteiger partial charge is 0.270 e. The minimum atomic E-state index is -0.660. The number of carbonyl (C=O) groups is 2.